The van der Waals surface area contributed by atoms with E-state index in [2.05, 4.69) is 75.9 Å². The van der Waals surface area contributed by atoms with Gasteiger partial charge in [-0.05, 0) is 72.6 Å². The van der Waals surface area contributed by atoms with Crippen LogP contribution in [0.5, 0.6) is 0 Å². The van der Waals surface area contributed by atoms with Crippen LogP contribution in [0.25, 0.3) is 21.6 Å². The van der Waals surface area contributed by atoms with Crippen molar-refractivity contribution in [1.82, 2.24) is 4.90 Å². The number of hydrogen-bond acceptors (Lipinski definition) is 2. The van der Waals surface area contributed by atoms with Crippen LogP contribution in [0.2, 0.25) is 0 Å². The van der Waals surface area contributed by atoms with Crippen molar-refractivity contribution in [3.8, 4) is 21.6 Å². The largest absolute Gasteiger partial charge is 0.334 e. The molecule has 2 nitrogen and oxygen atoms in total. The number of benzene rings is 2. The maximum absolute atomic E-state index is 14.0. The molecule has 1 amide bonds. The zero-order valence-corrected chi connectivity index (χ0v) is 32.1. The van der Waals surface area contributed by atoms with Crippen molar-refractivity contribution in [3.05, 3.63) is 69.1 Å². The summed E-state index contributed by atoms with van der Waals surface area (Å²) < 4.78 is 0. The van der Waals surface area contributed by atoms with Gasteiger partial charge in [-0.2, -0.15) is 0 Å². The number of amides is 1. The molecular weight excluding hydrogens is 603 g/mol. The number of carbonyl (C=O) groups excluding carboxylic acids is 1. The number of carbonyl (C=O) groups is 1. The molecule has 0 saturated heterocycles. The van der Waals surface area contributed by atoms with Gasteiger partial charge in [0.1, 0.15) is 0 Å². The predicted molar refractivity (Wildman–Crippen MR) is 210 cm³/mol. The molecule has 3 aromatic rings. The van der Waals surface area contributed by atoms with E-state index in [-0.39, 0.29) is 11.3 Å². The zero-order valence-electron chi connectivity index (χ0n) is 31.3. The highest BCUT2D eigenvalue weighted by Gasteiger charge is 2.43. The van der Waals surface area contributed by atoms with Gasteiger partial charge in [-0.1, -0.05) is 166 Å². The smallest absolute Gasteiger partial charge is 0.256 e. The quantitative estimate of drug-likeness (QED) is 0.0977. The molecular formula is C45H65NOS. The van der Waals surface area contributed by atoms with Crippen molar-refractivity contribution in [3.63, 3.8) is 0 Å². The SMILES string of the molecule is CCCCCCCCN1Cc2c(C)sc(-c3ccc4c(c3)C(CCCCCCCC)(CCCCCCCC)c3cc(C)ccc3-4)c2C1=O. The minimum absolute atomic E-state index is 0.0610. The van der Waals surface area contributed by atoms with Gasteiger partial charge in [-0.25, -0.2) is 0 Å². The first-order valence-corrected chi connectivity index (χ1v) is 20.9. The van der Waals surface area contributed by atoms with Crippen LogP contribution in [0.4, 0.5) is 0 Å². The van der Waals surface area contributed by atoms with E-state index in [1.54, 1.807) is 5.56 Å². The molecule has 0 fully saturated rings. The van der Waals surface area contributed by atoms with Crippen molar-refractivity contribution in [2.45, 2.75) is 175 Å². The standard InChI is InChI=1S/C45H65NOS/c1-6-9-12-15-18-21-28-45(29-22-19-16-13-10-7-2)40-31-34(4)24-26-37(40)38-27-25-36(32-41(38)45)43-42-39(35(5)48-43)33-46(44(42)47)30-23-20-17-14-11-8-3/h24-27,31-32H,6-23,28-30,33H2,1-5H3. The third-order valence-electron chi connectivity index (χ3n) is 11.5. The molecule has 1 aromatic heterocycles. The van der Waals surface area contributed by atoms with Crippen molar-refractivity contribution in [2.24, 2.45) is 0 Å². The summed E-state index contributed by atoms with van der Waals surface area (Å²) in [5.74, 6) is 0.266. The normalized spacial score (nSPS) is 14.5. The Morgan fingerprint density at radius 1 is 0.646 bits per heavy atom. The van der Waals surface area contributed by atoms with Crippen molar-refractivity contribution < 1.29 is 4.79 Å². The summed E-state index contributed by atoms with van der Waals surface area (Å²) in [7, 11) is 0. The maximum atomic E-state index is 14.0. The molecule has 3 heteroatoms. The molecule has 0 unspecified atom stereocenters. The van der Waals surface area contributed by atoms with Crippen LogP contribution < -0.4 is 0 Å². The molecule has 0 saturated carbocycles. The summed E-state index contributed by atoms with van der Waals surface area (Å²) in [5, 5.41) is 0. The van der Waals surface area contributed by atoms with Gasteiger partial charge in [0.25, 0.3) is 5.91 Å². The summed E-state index contributed by atoms with van der Waals surface area (Å²) in [5.41, 5.74) is 11.0. The molecule has 48 heavy (non-hydrogen) atoms. The molecule has 0 radical (unpaired) electrons. The first-order chi connectivity index (χ1) is 23.4. The lowest BCUT2D eigenvalue weighted by Gasteiger charge is -2.33. The minimum Gasteiger partial charge on any atom is -0.334 e. The van der Waals surface area contributed by atoms with Crippen LogP contribution in [0.15, 0.2) is 36.4 Å². The fourth-order valence-electron chi connectivity index (χ4n) is 8.71. The van der Waals surface area contributed by atoms with Crippen LogP contribution in [0, 0.1) is 13.8 Å². The zero-order chi connectivity index (χ0) is 33.9. The molecule has 2 heterocycles. The second-order valence-corrected chi connectivity index (χ2v) is 16.5. The van der Waals surface area contributed by atoms with Crippen molar-refractivity contribution in [2.75, 3.05) is 6.54 Å². The Morgan fingerprint density at radius 2 is 1.17 bits per heavy atom. The molecule has 1 aliphatic heterocycles. The number of hydrogen-bond donors (Lipinski definition) is 0. The highest BCUT2D eigenvalue weighted by molar-refractivity contribution is 7.16. The minimum atomic E-state index is 0.0610. The number of rotatable bonds is 22. The third kappa shape index (κ3) is 8.31. The summed E-state index contributed by atoms with van der Waals surface area (Å²) in [6, 6.07) is 14.5. The van der Waals surface area contributed by atoms with Gasteiger partial charge in [0.15, 0.2) is 0 Å². The van der Waals surface area contributed by atoms with E-state index in [1.807, 2.05) is 11.3 Å². The molecule has 0 spiro atoms. The number of nitrogens with zero attached hydrogens (tertiary/aromatic N) is 1. The second kappa shape index (κ2) is 18.0. The topological polar surface area (TPSA) is 20.3 Å². The summed E-state index contributed by atoms with van der Waals surface area (Å²) in [6.45, 7) is 13.1. The highest BCUT2D eigenvalue weighted by atomic mass is 32.1. The van der Waals surface area contributed by atoms with Crippen LogP contribution in [-0.2, 0) is 12.0 Å². The molecule has 2 aromatic carbocycles. The van der Waals surface area contributed by atoms with Crippen LogP contribution in [0.3, 0.4) is 0 Å². The van der Waals surface area contributed by atoms with Crippen molar-refractivity contribution >= 4 is 17.2 Å². The van der Waals surface area contributed by atoms with Gasteiger partial charge in [0, 0.05) is 28.3 Å². The molecule has 1 aliphatic carbocycles. The summed E-state index contributed by atoms with van der Waals surface area (Å²) in [4.78, 5) is 18.7. The van der Waals surface area contributed by atoms with E-state index in [0.717, 1.165) is 25.1 Å². The maximum Gasteiger partial charge on any atom is 0.256 e. The van der Waals surface area contributed by atoms with Gasteiger partial charge >= 0.3 is 0 Å². The predicted octanol–water partition coefficient (Wildman–Crippen LogP) is 14.1. The number of fused-ring (bicyclic) bond motifs is 4. The van der Waals surface area contributed by atoms with E-state index in [0.29, 0.717) is 0 Å². The number of unbranched alkanes of at least 4 members (excludes halogenated alkanes) is 15. The van der Waals surface area contributed by atoms with Gasteiger partial charge < -0.3 is 4.90 Å². The molecule has 0 N–H and O–H groups in total. The van der Waals surface area contributed by atoms with Crippen molar-refractivity contribution in [1.29, 1.82) is 0 Å². The lowest BCUT2D eigenvalue weighted by molar-refractivity contribution is 0.0776. The lowest BCUT2D eigenvalue weighted by atomic mass is 9.70. The summed E-state index contributed by atoms with van der Waals surface area (Å²) >= 11 is 1.86. The monoisotopic (exact) mass is 667 g/mol. The molecule has 262 valence electrons. The average Bonchev–Trinajstić information content (AvgIpc) is 3.69. The Bertz CT molecular complexity index is 1460. The first kappa shape index (κ1) is 36.9. The van der Waals surface area contributed by atoms with Crippen LogP contribution in [0.1, 0.15) is 187 Å². The van der Waals surface area contributed by atoms with Crippen LogP contribution >= 0.6 is 11.3 Å². The molecule has 5 rings (SSSR count). The fraction of sp³-hybridized carbons (Fsp3) is 0.622. The Balaban J connectivity index is 1.45. The van der Waals surface area contributed by atoms with E-state index < -0.39 is 0 Å². The molecule has 0 atom stereocenters. The van der Waals surface area contributed by atoms with Gasteiger partial charge in [-0.3, -0.25) is 4.79 Å². The van der Waals surface area contributed by atoms with E-state index >= 15 is 0 Å². The second-order valence-electron chi connectivity index (χ2n) is 15.3. The van der Waals surface area contributed by atoms with Crippen LogP contribution in [-0.4, -0.2) is 17.4 Å². The molecule has 0 bridgehead atoms. The van der Waals surface area contributed by atoms with E-state index in [9.17, 15) is 4.79 Å². The summed E-state index contributed by atoms with van der Waals surface area (Å²) in [6.07, 6.45) is 26.0. The number of thiophene rings is 1. The average molecular weight is 668 g/mol. The highest BCUT2D eigenvalue weighted by Crippen LogP contribution is 2.56. The Labute approximate surface area is 298 Å². The first-order valence-electron chi connectivity index (χ1n) is 20.1. The lowest BCUT2D eigenvalue weighted by Crippen LogP contribution is -2.26. The third-order valence-corrected chi connectivity index (χ3v) is 12.7. The molecule has 2 aliphatic rings. The Kier molecular flexibility index (Phi) is 13.8. The Morgan fingerprint density at radius 3 is 1.77 bits per heavy atom. The van der Waals surface area contributed by atoms with Gasteiger partial charge in [0.05, 0.1) is 5.56 Å². The van der Waals surface area contributed by atoms with E-state index in [4.69, 9.17) is 0 Å². The fourth-order valence-corrected chi connectivity index (χ4v) is 9.86. The number of aryl methyl sites for hydroxylation is 2. The van der Waals surface area contributed by atoms with Gasteiger partial charge in [-0.15, -0.1) is 11.3 Å². The van der Waals surface area contributed by atoms with E-state index in [1.165, 1.54) is 165 Å². The van der Waals surface area contributed by atoms with Gasteiger partial charge in [0.2, 0.25) is 0 Å². The Hall–Kier alpha value is -2.39.